The first-order valence-electron chi connectivity index (χ1n) is 10.1. The number of hydrogen-bond donors (Lipinski definition) is 2. The van der Waals surface area contributed by atoms with Crippen LogP contribution in [0.5, 0.6) is 5.75 Å². The van der Waals surface area contributed by atoms with Gasteiger partial charge < -0.3 is 20.4 Å². The SMILES string of the molecule is C[C@H]1[C@@H](c2ccc(F)c(F)c2OC(F)F)[C@@H](C(=O)N=c2ccn(O)c(C(N)=O)c2)O[C@]1(C)C(F)(F)F. The van der Waals surface area contributed by atoms with Crippen LogP contribution in [0.1, 0.15) is 35.8 Å². The lowest BCUT2D eigenvalue weighted by atomic mass is 9.77. The molecule has 4 atom stereocenters. The van der Waals surface area contributed by atoms with Gasteiger partial charge >= 0.3 is 12.8 Å². The van der Waals surface area contributed by atoms with Gasteiger partial charge in [0.1, 0.15) is 11.8 Å². The maximum atomic E-state index is 14.4. The molecule has 36 heavy (non-hydrogen) atoms. The van der Waals surface area contributed by atoms with Crippen molar-refractivity contribution in [3.05, 3.63) is 58.7 Å². The molecular formula is C21H18F7N3O5. The minimum absolute atomic E-state index is 0.304. The average Bonchev–Trinajstić information content (AvgIpc) is 3.04. The molecule has 0 bridgehead atoms. The van der Waals surface area contributed by atoms with E-state index in [0.29, 0.717) is 23.8 Å². The number of rotatable bonds is 5. The minimum atomic E-state index is -5.09. The predicted molar refractivity (Wildman–Crippen MR) is 105 cm³/mol. The molecule has 0 aliphatic carbocycles. The summed E-state index contributed by atoms with van der Waals surface area (Å²) in [7, 11) is 0. The average molecular weight is 525 g/mol. The van der Waals surface area contributed by atoms with Crippen molar-refractivity contribution in [3.63, 3.8) is 0 Å². The fourth-order valence-electron chi connectivity index (χ4n) is 3.95. The first-order valence-corrected chi connectivity index (χ1v) is 10.1. The smallest absolute Gasteiger partial charge is 0.417 e. The molecule has 1 aromatic heterocycles. The highest BCUT2D eigenvalue weighted by atomic mass is 19.4. The Balaban J connectivity index is 2.20. The summed E-state index contributed by atoms with van der Waals surface area (Å²) in [6.07, 6.45) is -6.35. The van der Waals surface area contributed by atoms with E-state index < -0.39 is 76.8 Å². The van der Waals surface area contributed by atoms with Gasteiger partial charge in [0.25, 0.3) is 11.8 Å². The Morgan fingerprint density at radius 3 is 2.44 bits per heavy atom. The van der Waals surface area contributed by atoms with Crippen LogP contribution in [0.15, 0.2) is 35.5 Å². The van der Waals surface area contributed by atoms with Crippen LogP contribution < -0.4 is 15.8 Å². The summed E-state index contributed by atoms with van der Waals surface area (Å²) in [5.41, 5.74) is 0.832. The summed E-state index contributed by atoms with van der Waals surface area (Å²) >= 11 is 0. The number of pyridine rings is 1. The molecule has 0 radical (unpaired) electrons. The number of hydrogen-bond acceptors (Lipinski definition) is 5. The zero-order chi connectivity index (χ0) is 27.2. The Hall–Kier alpha value is -3.62. The van der Waals surface area contributed by atoms with E-state index in [1.807, 2.05) is 0 Å². The van der Waals surface area contributed by atoms with Gasteiger partial charge in [-0.15, -0.1) is 0 Å². The highest BCUT2D eigenvalue weighted by molar-refractivity contribution is 5.91. The van der Waals surface area contributed by atoms with Gasteiger partial charge in [0, 0.05) is 23.6 Å². The van der Waals surface area contributed by atoms with Crippen LogP contribution in [-0.2, 0) is 9.53 Å². The number of alkyl halides is 5. The third-order valence-electron chi connectivity index (χ3n) is 5.97. The van der Waals surface area contributed by atoms with Crippen LogP contribution in [0.25, 0.3) is 0 Å². The number of primary amides is 1. The van der Waals surface area contributed by atoms with E-state index >= 15 is 0 Å². The Kier molecular flexibility index (Phi) is 7.08. The predicted octanol–water partition coefficient (Wildman–Crippen LogP) is 3.27. The molecule has 1 aliphatic heterocycles. The lowest BCUT2D eigenvalue weighted by Crippen LogP contribution is -2.47. The maximum absolute atomic E-state index is 14.4. The van der Waals surface area contributed by atoms with E-state index in [1.165, 1.54) is 0 Å². The molecule has 3 rings (SSSR count). The van der Waals surface area contributed by atoms with Gasteiger partial charge in [-0.05, 0) is 25.1 Å². The minimum Gasteiger partial charge on any atom is -0.431 e. The topological polar surface area (TPSA) is 116 Å². The second-order valence-corrected chi connectivity index (χ2v) is 8.04. The largest absolute Gasteiger partial charge is 0.431 e. The number of nitrogens with two attached hydrogens (primary N) is 1. The third-order valence-corrected chi connectivity index (χ3v) is 5.97. The number of ether oxygens (including phenoxy) is 2. The number of nitrogens with zero attached hydrogens (tertiary/aromatic N) is 2. The molecular weight excluding hydrogens is 507 g/mol. The fraction of sp³-hybridized carbons (Fsp3) is 0.381. The zero-order valence-electron chi connectivity index (χ0n) is 18.4. The summed E-state index contributed by atoms with van der Waals surface area (Å²) in [4.78, 5) is 28.0. The van der Waals surface area contributed by atoms with E-state index in [2.05, 4.69) is 9.73 Å². The van der Waals surface area contributed by atoms with Crippen molar-refractivity contribution in [2.24, 2.45) is 16.6 Å². The first-order chi connectivity index (χ1) is 16.6. The van der Waals surface area contributed by atoms with Crippen molar-refractivity contribution in [2.45, 2.75) is 44.3 Å². The van der Waals surface area contributed by atoms with Crippen LogP contribution in [-0.4, -0.2) is 46.2 Å². The highest BCUT2D eigenvalue weighted by Gasteiger charge is 2.66. The zero-order valence-corrected chi connectivity index (χ0v) is 18.4. The summed E-state index contributed by atoms with van der Waals surface area (Å²) in [6, 6.07) is 3.04. The van der Waals surface area contributed by atoms with Gasteiger partial charge in [0.15, 0.2) is 17.2 Å². The van der Waals surface area contributed by atoms with Gasteiger partial charge in [0.05, 0.1) is 5.36 Å². The van der Waals surface area contributed by atoms with Crippen molar-refractivity contribution < 1.29 is 55.0 Å². The molecule has 0 spiro atoms. The first kappa shape index (κ1) is 27.0. The molecule has 0 unspecified atom stereocenters. The van der Waals surface area contributed by atoms with Crippen molar-refractivity contribution in [2.75, 3.05) is 0 Å². The van der Waals surface area contributed by atoms with E-state index in [-0.39, 0.29) is 5.36 Å². The van der Waals surface area contributed by atoms with Crippen LogP contribution >= 0.6 is 0 Å². The number of aromatic nitrogens is 1. The van der Waals surface area contributed by atoms with Crippen molar-refractivity contribution in [1.82, 2.24) is 4.73 Å². The molecule has 2 amide bonds. The number of amides is 2. The summed E-state index contributed by atoms with van der Waals surface area (Å²) < 4.78 is 105. The lowest BCUT2D eigenvalue weighted by Gasteiger charge is -2.32. The van der Waals surface area contributed by atoms with E-state index in [4.69, 9.17) is 10.5 Å². The molecule has 0 saturated carbocycles. The van der Waals surface area contributed by atoms with E-state index in [0.717, 1.165) is 25.3 Å². The molecule has 1 fully saturated rings. The lowest BCUT2D eigenvalue weighted by molar-refractivity contribution is -0.272. The molecule has 1 saturated heterocycles. The van der Waals surface area contributed by atoms with Gasteiger partial charge in [-0.25, -0.2) is 9.38 Å². The van der Waals surface area contributed by atoms with E-state index in [9.17, 15) is 45.5 Å². The Labute approximate surface area is 197 Å². The molecule has 3 N–H and O–H groups in total. The highest BCUT2D eigenvalue weighted by Crippen LogP contribution is 2.55. The Morgan fingerprint density at radius 1 is 1.25 bits per heavy atom. The second-order valence-electron chi connectivity index (χ2n) is 8.04. The van der Waals surface area contributed by atoms with E-state index in [1.54, 1.807) is 0 Å². The number of halogens is 7. The van der Waals surface area contributed by atoms with Gasteiger partial charge in [-0.3, -0.25) is 9.59 Å². The van der Waals surface area contributed by atoms with Crippen molar-refractivity contribution in [3.8, 4) is 5.75 Å². The molecule has 2 aromatic rings. The van der Waals surface area contributed by atoms with Gasteiger partial charge in [-0.1, -0.05) is 13.0 Å². The Morgan fingerprint density at radius 2 is 1.89 bits per heavy atom. The van der Waals surface area contributed by atoms with Crippen LogP contribution in [0.4, 0.5) is 30.7 Å². The number of carbonyl (C=O) groups excluding carboxylic acids is 2. The van der Waals surface area contributed by atoms with Crippen molar-refractivity contribution in [1.29, 1.82) is 0 Å². The van der Waals surface area contributed by atoms with Crippen LogP contribution in [0.2, 0.25) is 0 Å². The van der Waals surface area contributed by atoms with Gasteiger partial charge in [-0.2, -0.15) is 31.1 Å². The molecule has 196 valence electrons. The molecule has 2 heterocycles. The summed E-state index contributed by atoms with van der Waals surface area (Å²) in [5, 5.41) is 9.25. The standard InChI is InChI=1S/C21H18F7N3O5/c1-8-13(10-3-4-11(22)14(23)15(10)35-19(24)25)16(36-20(8,2)21(26,27)28)18(33)30-9-5-6-31(34)12(7-9)17(29)32/h3-8,13,16,19,34H,1-2H3,(H2,29,32)/t8-,13-,16-,20-/m0/s1. The van der Waals surface area contributed by atoms with Crippen LogP contribution in [0, 0.1) is 17.6 Å². The van der Waals surface area contributed by atoms with Gasteiger partial charge in [0.2, 0.25) is 5.82 Å². The third kappa shape index (κ3) is 4.74. The van der Waals surface area contributed by atoms with Crippen molar-refractivity contribution >= 4 is 11.8 Å². The summed E-state index contributed by atoms with van der Waals surface area (Å²) in [6.45, 7) is -2.08. The number of benzene rings is 1. The fourth-order valence-corrected chi connectivity index (χ4v) is 3.95. The van der Waals surface area contributed by atoms with Crippen LogP contribution in [0.3, 0.4) is 0 Å². The maximum Gasteiger partial charge on any atom is 0.417 e. The quantitative estimate of drug-likeness (QED) is 0.459. The second kappa shape index (κ2) is 9.44. The molecule has 8 nitrogen and oxygen atoms in total. The molecule has 1 aromatic carbocycles. The summed E-state index contributed by atoms with van der Waals surface area (Å²) in [5.74, 6) is -10.9. The Bertz CT molecular complexity index is 1260. The number of carbonyl (C=O) groups is 2. The molecule has 15 heteroatoms. The molecule has 1 aliphatic rings. The normalized spacial score (nSPS) is 24.8. The monoisotopic (exact) mass is 525 g/mol.